The minimum Gasteiger partial charge on any atom is -0.380 e. The van der Waals surface area contributed by atoms with Gasteiger partial charge in [0.15, 0.2) is 0 Å². The molecular formula is C16H24N2O4S. The van der Waals surface area contributed by atoms with E-state index in [4.69, 9.17) is 4.74 Å². The Kier molecular flexibility index (Phi) is 6.15. The molecule has 1 heterocycles. The van der Waals surface area contributed by atoms with Crippen molar-refractivity contribution < 1.29 is 17.9 Å². The number of methoxy groups -OCH3 is 1. The van der Waals surface area contributed by atoms with E-state index in [1.807, 2.05) is 29.2 Å². The number of carbonyl (C=O) groups excluding carboxylic acids is 1. The number of amides is 1. The number of piperazine rings is 1. The van der Waals surface area contributed by atoms with Gasteiger partial charge in [-0.1, -0.05) is 12.1 Å². The molecule has 7 heteroatoms. The van der Waals surface area contributed by atoms with E-state index in [9.17, 15) is 13.2 Å². The monoisotopic (exact) mass is 340 g/mol. The lowest BCUT2D eigenvalue weighted by molar-refractivity contribution is 0.0644. The highest BCUT2D eigenvalue weighted by Crippen LogP contribution is 2.11. The highest BCUT2D eigenvalue weighted by molar-refractivity contribution is 7.90. The molecule has 0 aromatic heterocycles. The van der Waals surface area contributed by atoms with Crippen molar-refractivity contribution in [3.8, 4) is 0 Å². The van der Waals surface area contributed by atoms with E-state index in [2.05, 4.69) is 4.90 Å². The van der Waals surface area contributed by atoms with Gasteiger partial charge in [-0.15, -0.1) is 0 Å². The number of nitrogens with zero attached hydrogens (tertiary/aromatic N) is 2. The third-order valence-corrected chi connectivity index (χ3v) is 4.87. The molecule has 0 N–H and O–H groups in total. The fourth-order valence-electron chi connectivity index (χ4n) is 2.56. The molecule has 0 aliphatic carbocycles. The molecule has 0 saturated carbocycles. The van der Waals surface area contributed by atoms with Crippen LogP contribution in [0.3, 0.4) is 0 Å². The number of rotatable bonds is 6. The third-order valence-electron chi connectivity index (χ3n) is 3.95. The molecule has 1 aromatic rings. The maximum absolute atomic E-state index is 12.5. The average molecular weight is 340 g/mol. The van der Waals surface area contributed by atoms with Crippen LogP contribution in [-0.4, -0.2) is 76.0 Å². The summed E-state index contributed by atoms with van der Waals surface area (Å²) in [6.45, 7) is 3.75. The lowest BCUT2D eigenvalue weighted by Gasteiger charge is -2.34. The topological polar surface area (TPSA) is 66.9 Å². The first-order valence-electron chi connectivity index (χ1n) is 7.66. The van der Waals surface area contributed by atoms with Crippen LogP contribution in [0.1, 0.15) is 15.9 Å². The van der Waals surface area contributed by atoms with Crippen molar-refractivity contribution in [1.82, 2.24) is 9.80 Å². The smallest absolute Gasteiger partial charge is 0.253 e. The molecule has 128 valence electrons. The molecule has 23 heavy (non-hydrogen) atoms. The summed E-state index contributed by atoms with van der Waals surface area (Å²) < 4.78 is 27.5. The zero-order valence-corrected chi connectivity index (χ0v) is 14.5. The van der Waals surface area contributed by atoms with Crippen LogP contribution in [0.15, 0.2) is 24.3 Å². The summed E-state index contributed by atoms with van der Waals surface area (Å²) in [7, 11) is -1.30. The van der Waals surface area contributed by atoms with E-state index in [1.165, 1.54) is 6.26 Å². The molecule has 0 radical (unpaired) electrons. The first-order chi connectivity index (χ1) is 10.9. The van der Waals surface area contributed by atoms with E-state index in [0.717, 1.165) is 5.56 Å². The number of hydrogen-bond acceptors (Lipinski definition) is 5. The number of sulfone groups is 1. The standard InChI is InChI=1S/C16H24N2O4S/c1-22-13-14-3-5-15(6-4-14)16(19)18-9-7-17(8-10-18)11-12-23(2,20)21/h3-6H,7-13H2,1-2H3. The third kappa shape index (κ3) is 5.60. The minimum atomic E-state index is -2.94. The maximum Gasteiger partial charge on any atom is 0.253 e. The first-order valence-corrected chi connectivity index (χ1v) is 9.72. The van der Waals surface area contributed by atoms with Crippen LogP contribution in [0.4, 0.5) is 0 Å². The van der Waals surface area contributed by atoms with Gasteiger partial charge in [-0.25, -0.2) is 8.42 Å². The Hall–Kier alpha value is -1.44. The SMILES string of the molecule is COCc1ccc(C(=O)N2CCN(CCS(C)(=O)=O)CC2)cc1. The largest absolute Gasteiger partial charge is 0.380 e. The Bertz CT molecular complexity index is 620. The van der Waals surface area contributed by atoms with Crippen molar-refractivity contribution in [3.05, 3.63) is 35.4 Å². The Morgan fingerprint density at radius 3 is 2.26 bits per heavy atom. The maximum atomic E-state index is 12.5. The van der Waals surface area contributed by atoms with Gasteiger partial charge in [0.05, 0.1) is 12.4 Å². The van der Waals surface area contributed by atoms with Crippen molar-refractivity contribution >= 4 is 15.7 Å². The van der Waals surface area contributed by atoms with Crippen molar-refractivity contribution in [1.29, 1.82) is 0 Å². The van der Waals surface area contributed by atoms with Crippen molar-refractivity contribution in [3.63, 3.8) is 0 Å². The normalized spacial score (nSPS) is 16.5. The van der Waals surface area contributed by atoms with Crippen molar-refractivity contribution in [2.75, 3.05) is 51.8 Å². The number of carbonyl (C=O) groups is 1. The van der Waals surface area contributed by atoms with E-state index in [-0.39, 0.29) is 11.7 Å². The fraction of sp³-hybridized carbons (Fsp3) is 0.562. The van der Waals surface area contributed by atoms with Crippen LogP contribution in [0.5, 0.6) is 0 Å². The second kappa shape index (κ2) is 7.90. The number of benzene rings is 1. The lowest BCUT2D eigenvalue weighted by Crippen LogP contribution is -2.49. The second-order valence-electron chi connectivity index (χ2n) is 5.89. The van der Waals surface area contributed by atoms with Crippen molar-refractivity contribution in [2.45, 2.75) is 6.61 Å². The second-order valence-corrected chi connectivity index (χ2v) is 8.15. The average Bonchev–Trinajstić information content (AvgIpc) is 2.53. The van der Waals surface area contributed by atoms with Crippen LogP contribution in [0.2, 0.25) is 0 Å². The quantitative estimate of drug-likeness (QED) is 0.760. The molecule has 0 bridgehead atoms. The Morgan fingerprint density at radius 2 is 1.74 bits per heavy atom. The van der Waals surface area contributed by atoms with E-state index >= 15 is 0 Å². The predicted molar refractivity (Wildman–Crippen MR) is 89.2 cm³/mol. The Labute approximate surface area is 137 Å². The summed E-state index contributed by atoms with van der Waals surface area (Å²) >= 11 is 0. The molecular weight excluding hydrogens is 316 g/mol. The molecule has 0 atom stereocenters. The molecule has 1 aliphatic heterocycles. The van der Waals surface area contributed by atoms with Gasteiger partial charge >= 0.3 is 0 Å². The van der Waals surface area contributed by atoms with Gasteiger partial charge < -0.3 is 9.64 Å². The highest BCUT2D eigenvalue weighted by atomic mass is 32.2. The van der Waals surface area contributed by atoms with Gasteiger partial charge in [0, 0.05) is 51.7 Å². The van der Waals surface area contributed by atoms with Crippen LogP contribution in [-0.2, 0) is 21.2 Å². The number of ether oxygens (including phenoxy) is 1. The molecule has 1 aliphatic rings. The zero-order chi connectivity index (χ0) is 16.9. The summed E-state index contributed by atoms with van der Waals surface area (Å²) in [6.07, 6.45) is 1.25. The summed E-state index contributed by atoms with van der Waals surface area (Å²) in [5.41, 5.74) is 1.71. The van der Waals surface area contributed by atoms with E-state index < -0.39 is 9.84 Å². The van der Waals surface area contributed by atoms with Gasteiger partial charge in [0.2, 0.25) is 0 Å². The van der Waals surface area contributed by atoms with Crippen LogP contribution < -0.4 is 0 Å². The Morgan fingerprint density at radius 1 is 1.13 bits per heavy atom. The van der Waals surface area contributed by atoms with Gasteiger partial charge in [0.25, 0.3) is 5.91 Å². The van der Waals surface area contributed by atoms with Gasteiger partial charge in [0.1, 0.15) is 9.84 Å². The Balaban J connectivity index is 1.85. The summed E-state index contributed by atoms with van der Waals surface area (Å²) in [5.74, 6) is 0.193. The molecule has 1 saturated heterocycles. The van der Waals surface area contributed by atoms with Crippen LogP contribution in [0.25, 0.3) is 0 Å². The predicted octanol–water partition coefficient (Wildman–Crippen LogP) is 0.635. The molecule has 0 unspecified atom stereocenters. The molecule has 1 fully saturated rings. The van der Waals surface area contributed by atoms with Gasteiger partial charge in [-0.2, -0.15) is 0 Å². The molecule has 0 spiro atoms. The lowest BCUT2D eigenvalue weighted by atomic mass is 10.1. The highest BCUT2D eigenvalue weighted by Gasteiger charge is 2.22. The minimum absolute atomic E-state index is 0.0247. The molecule has 1 aromatic carbocycles. The summed E-state index contributed by atoms with van der Waals surface area (Å²) in [6, 6.07) is 7.46. The van der Waals surface area contributed by atoms with E-state index in [0.29, 0.717) is 44.9 Å². The molecule has 6 nitrogen and oxygen atoms in total. The van der Waals surface area contributed by atoms with Crippen LogP contribution in [0, 0.1) is 0 Å². The summed E-state index contributed by atoms with van der Waals surface area (Å²) in [5, 5.41) is 0. The van der Waals surface area contributed by atoms with Crippen molar-refractivity contribution in [2.24, 2.45) is 0 Å². The fourth-order valence-corrected chi connectivity index (χ4v) is 3.15. The van der Waals surface area contributed by atoms with Crippen LogP contribution >= 0.6 is 0 Å². The van der Waals surface area contributed by atoms with Gasteiger partial charge in [-0.05, 0) is 17.7 Å². The summed E-state index contributed by atoms with van der Waals surface area (Å²) in [4.78, 5) is 16.4. The van der Waals surface area contributed by atoms with E-state index in [1.54, 1.807) is 7.11 Å². The molecule has 2 rings (SSSR count). The zero-order valence-electron chi connectivity index (χ0n) is 13.7. The molecule has 1 amide bonds. The number of hydrogen-bond donors (Lipinski definition) is 0. The first kappa shape index (κ1) is 17.9. The van der Waals surface area contributed by atoms with Gasteiger partial charge in [-0.3, -0.25) is 9.69 Å².